The molecule has 0 spiro atoms. The van der Waals surface area contributed by atoms with Gasteiger partial charge in [0.25, 0.3) is 0 Å². The zero-order chi connectivity index (χ0) is 21.8. The van der Waals surface area contributed by atoms with Crippen molar-refractivity contribution in [2.24, 2.45) is 5.92 Å². The van der Waals surface area contributed by atoms with Gasteiger partial charge in [-0.3, -0.25) is 14.5 Å². The van der Waals surface area contributed by atoms with Crippen molar-refractivity contribution in [3.63, 3.8) is 0 Å². The second-order valence-corrected chi connectivity index (χ2v) is 8.51. The molecule has 0 bridgehead atoms. The van der Waals surface area contributed by atoms with Crippen molar-refractivity contribution in [1.82, 2.24) is 9.80 Å². The maximum atomic E-state index is 13.0. The molecule has 0 radical (unpaired) electrons. The molecule has 2 aromatic carbocycles. The summed E-state index contributed by atoms with van der Waals surface area (Å²) in [7, 11) is 1.85. The van der Waals surface area contributed by atoms with Gasteiger partial charge in [-0.25, -0.2) is 0 Å². The summed E-state index contributed by atoms with van der Waals surface area (Å²) in [6.07, 6.45) is 1.53. The molecule has 2 aliphatic heterocycles. The van der Waals surface area contributed by atoms with E-state index in [2.05, 4.69) is 36.1 Å². The van der Waals surface area contributed by atoms with Crippen molar-refractivity contribution in [3.05, 3.63) is 59.2 Å². The van der Waals surface area contributed by atoms with Gasteiger partial charge in [-0.05, 0) is 56.6 Å². The van der Waals surface area contributed by atoms with E-state index in [4.69, 9.17) is 9.47 Å². The normalized spacial score (nSPS) is 16.7. The number of ether oxygens (including phenoxy) is 2. The maximum Gasteiger partial charge on any atom is 0.236 e. The zero-order valence-electron chi connectivity index (χ0n) is 18.3. The number of likely N-dealkylation sites (tertiary alicyclic amines) is 1. The lowest BCUT2D eigenvalue weighted by Crippen LogP contribution is -2.43. The number of amides is 1. The fourth-order valence-electron chi connectivity index (χ4n) is 4.15. The van der Waals surface area contributed by atoms with E-state index in [1.54, 1.807) is 11.0 Å². The number of hydrogen-bond donors (Lipinski definition) is 0. The van der Waals surface area contributed by atoms with Crippen LogP contribution in [0.15, 0.2) is 42.5 Å². The van der Waals surface area contributed by atoms with E-state index in [0.29, 0.717) is 43.4 Å². The smallest absolute Gasteiger partial charge is 0.236 e. The molecule has 164 valence electrons. The molecule has 0 N–H and O–H groups in total. The van der Waals surface area contributed by atoms with E-state index < -0.39 is 0 Å². The van der Waals surface area contributed by atoms with Crippen LogP contribution in [0, 0.1) is 12.8 Å². The Kier molecular flexibility index (Phi) is 6.56. The predicted octanol–water partition coefficient (Wildman–Crippen LogP) is 3.32. The van der Waals surface area contributed by atoms with Crippen molar-refractivity contribution >= 4 is 11.7 Å². The fraction of sp³-hybridized carbons (Fsp3) is 0.440. The summed E-state index contributed by atoms with van der Waals surface area (Å²) in [5.41, 5.74) is 3.02. The maximum absolute atomic E-state index is 13.0. The number of likely N-dealkylation sites (N-methyl/N-ethyl adjacent to an activating group) is 1. The highest BCUT2D eigenvalue weighted by Gasteiger charge is 2.28. The summed E-state index contributed by atoms with van der Waals surface area (Å²) in [4.78, 5) is 29.5. The number of piperidine rings is 1. The van der Waals surface area contributed by atoms with Gasteiger partial charge in [0.1, 0.15) is 13.2 Å². The van der Waals surface area contributed by atoms with Crippen molar-refractivity contribution in [2.75, 3.05) is 39.9 Å². The number of ketones is 1. The Morgan fingerprint density at radius 1 is 1.00 bits per heavy atom. The number of carbonyl (C=O) groups excluding carboxylic acids is 2. The van der Waals surface area contributed by atoms with Crippen LogP contribution in [0.25, 0.3) is 0 Å². The number of carbonyl (C=O) groups is 2. The number of rotatable bonds is 6. The number of aryl methyl sites for hydroxylation is 1. The predicted molar refractivity (Wildman–Crippen MR) is 119 cm³/mol. The molecule has 1 saturated heterocycles. The molecule has 0 unspecified atom stereocenters. The molecular weight excluding hydrogens is 392 g/mol. The van der Waals surface area contributed by atoms with Gasteiger partial charge >= 0.3 is 0 Å². The third-order valence-corrected chi connectivity index (χ3v) is 6.11. The van der Waals surface area contributed by atoms with Crippen molar-refractivity contribution in [1.29, 1.82) is 0 Å². The van der Waals surface area contributed by atoms with Gasteiger partial charge in [0, 0.05) is 25.1 Å². The first-order valence-corrected chi connectivity index (χ1v) is 11.0. The SMILES string of the molecule is Cc1ccc(CN(C)C(=O)CN2CCC(C(=O)c3ccc4c(c3)OCCO4)CC2)cc1. The van der Waals surface area contributed by atoms with Crippen LogP contribution in [-0.4, -0.2) is 61.4 Å². The van der Waals surface area contributed by atoms with Crippen molar-refractivity contribution in [2.45, 2.75) is 26.3 Å². The molecule has 0 aromatic heterocycles. The van der Waals surface area contributed by atoms with E-state index in [0.717, 1.165) is 31.5 Å². The minimum absolute atomic E-state index is 0.0146. The van der Waals surface area contributed by atoms with Gasteiger partial charge in [0.15, 0.2) is 17.3 Å². The monoisotopic (exact) mass is 422 g/mol. The molecule has 2 aromatic rings. The Bertz CT molecular complexity index is 933. The van der Waals surface area contributed by atoms with E-state index in [1.165, 1.54) is 5.56 Å². The summed E-state index contributed by atoms with van der Waals surface area (Å²) in [6, 6.07) is 13.7. The molecule has 0 atom stereocenters. The molecule has 2 heterocycles. The summed E-state index contributed by atoms with van der Waals surface area (Å²) in [5.74, 6) is 1.60. The lowest BCUT2D eigenvalue weighted by atomic mass is 9.88. The quantitative estimate of drug-likeness (QED) is 0.669. The fourth-order valence-corrected chi connectivity index (χ4v) is 4.15. The second kappa shape index (κ2) is 9.52. The van der Waals surface area contributed by atoms with Gasteiger partial charge in [-0.1, -0.05) is 29.8 Å². The van der Waals surface area contributed by atoms with Crippen LogP contribution >= 0.6 is 0 Å². The van der Waals surface area contributed by atoms with Gasteiger partial charge in [-0.15, -0.1) is 0 Å². The molecule has 6 heteroatoms. The summed E-state index contributed by atoms with van der Waals surface area (Å²) < 4.78 is 11.1. The Balaban J connectivity index is 1.26. The molecule has 1 amide bonds. The number of nitrogens with zero attached hydrogens (tertiary/aromatic N) is 2. The first-order chi connectivity index (χ1) is 15.0. The van der Waals surface area contributed by atoms with Crippen LogP contribution in [0.1, 0.15) is 34.3 Å². The topological polar surface area (TPSA) is 59.1 Å². The van der Waals surface area contributed by atoms with Gasteiger partial charge < -0.3 is 14.4 Å². The van der Waals surface area contributed by atoms with E-state index in [9.17, 15) is 9.59 Å². The van der Waals surface area contributed by atoms with Crippen LogP contribution in [0.2, 0.25) is 0 Å². The molecule has 2 aliphatic rings. The molecule has 0 saturated carbocycles. The van der Waals surface area contributed by atoms with Crippen LogP contribution in [-0.2, 0) is 11.3 Å². The minimum atomic E-state index is -0.0146. The first kappa shape index (κ1) is 21.4. The minimum Gasteiger partial charge on any atom is -0.486 e. The molecule has 6 nitrogen and oxygen atoms in total. The summed E-state index contributed by atoms with van der Waals surface area (Å²) in [6.45, 7) is 5.62. The molecule has 1 fully saturated rings. The standard InChI is InChI=1S/C25H30N2O4/c1-18-3-5-19(6-4-18)16-26(2)24(28)17-27-11-9-20(10-12-27)25(29)21-7-8-22-23(15-21)31-14-13-30-22/h3-8,15,20H,9-14,16-17H2,1-2H3. The van der Waals surface area contributed by atoms with Crippen LogP contribution in [0.5, 0.6) is 11.5 Å². The van der Waals surface area contributed by atoms with Gasteiger partial charge in [0.05, 0.1) is 6.54 Å². The third kappa shape index (κ3) is 5.25. The van der Waals surface area contributed by atoms with E-state index in [-0.39, 0.29) is 17.6 Å². The lowest BCUT2D eigenvalue weighted by Gasteiger charge is -2.32. The zero-order valence-corrected chi connectivity index (χ0v) is 18.3. The average molecular weight is 423 g/mol. The van der Waals surface area contributed by atoms with Crippen molar-refractivity contribution < 1.29 is 19.1 Å². The van der Waals surface area contributed by atoms with Gasteiger partial charge in [0.2, 0.25) is 5.91 Å². The van der Waals surface area contributed by atoms with Crippen molar-refractivity contribution in [3.8, 4) is 11.5 Å². The molecule has 31 heavy (non-hydrogen) atoms. The van der Waals surface area contributed by atoms with Crippen LogP contribution in [0.4, 0.5) is 0 Å². The number of benzene rings is 2. The number of hydrogen-bond acceptors (Lipinski definition) is 5. The molecule has 4 rings (SSSR count). The third-order valence-electron chi connectivity index (χ3n) is 6.11. The highest BCUT2D eigenvalue weighted by atomic mass is 16.6. The summed E-state index contributed by atoms with van der Waals surface area (Å²) >= 11 is 0. The number of fused-ring (bicyclic) bond motifs is 1. The Morgan fingerprint density at radius 3 is 2.39 bits per heavy atom. The van der Waals surface area contributed by atoms with Crippen LogP contribution < -0.4 is 9.47 Å². The van der Waals surface area contributed by atoms with E-state index >= 15 is 0 Å². The largest absolute Gasteiger partial charge is 0.486 e. The van der Waals surface area contributed by atoms with Gasteiger partial charge in [-0.2, -0.15) is 0 Å². The van der Waals surface area contributed by atoms with Crippen LogP contribution in [0.3, 0.4) is 0 Å². The Labute approximate surface area is 183 Å². The van der Waals surface area contributed by atoms with E-state index in [1.807, 2.05) is 19.2 Å². The molecular formula is C25H30N2O4. The second-order valence-electron chi connectivity index (χ2n) is 8.51. The highest BCUT2D eigenvalue weighted by Crippen LogP contribution is 2.32. The molecule has 0 aliphatic carbocycles. The number of Topliss-reactive ketones (excluding diaryl/α,β-unsaturated/α-hetero) is 1. The Morgan fingerprint density at radius 2 is 1.68 bits per heavy atom. The first-order valence-electron chi connectivity index (χ1n) is 11.0. The summed E-state index contributed by atoms with van der Waals surface area (Å²) in [5, 5.41) is 0. The highest BCUT2D eigenvalue weighted by molar-refractivity contribution is 5.98. The average Bonchev–Trinajstić information content (AvgIpc) is 2.80. The lowest BCUT2D eigenvalue weighted by molar-refractivity contribution is -0.131. The Hall–Kier alpha value is -2.86.